The van der Waals surface area contributed by atoms with Crippen LogP contribution in [0.3, 0.4) is 0 Å². The Morgan fingerprint density at radius 3 is 2.62 bits per heavy atom. The fraction of sp³-hybridized carbons (Fsp3) is 0.462. The first-order valence-corrected chi connectivity index (χ1v) is 5.55. The molecule has 0 aromatic rings. The SMILES string of the molecule is CCC=CCC=CC=CC(O)CCC(=O)O. The summed E-state index contributed by atoms with van der Waals surface area (Å²) in [6, 6.07) is 0. The van der Waals surface area contributed by atoms with Crippen LogP contribution in [0, 0.1) is 0 Å². The lowest BCUT2D eigenvalue weighted by molar-refractivity contribution is -0.137. The summed E-state index contributed by atoms with van der Waals surface area (Å²) in [4.78, 5) is 10.2. The molecule has 0 heterocycles. The third kappa shape index (κ3) is 10.7. The minimum atomic E-state index is -0.882. The number of hydrogen-bond donors (Lipinski definition) is 2. The fourth-order valence-corrected chi connectivity index (χ4v) is 1.06. The Labute approximate surface area is 96.8 Å². The Morgan fingerprint density at radius 1 is 1.25 bits per heavy atom. The second-order valence-electron chi connectivity index (χ2n) is 3.43. The molecule has 0 radical (unpaired) electrons. The average molecular weight is 224 g/mol. The zero-order chi connectivity index (χ0) is 12.2. The van der Waals surface area contributed by atoms with Gasteiger partial charge in [-0.2, -0.15) is 0 Å². The van der Waals surface area contributed by atoms with E-state index in [0.29, 0.717) is 0 Å². The summed E-state index contributed by atoms with van der Waals surface area (Å²) >= 11 is 0. The summed E-state index contributed by atoms with van der Waals surface area (Å²) in [5.74, 6) is -0.882. The predicted octanol–water partition coefficient (Wildman–Crippen LogP) is 2.68. The Hall–Kier alpha value is -1.35. The van der Waals surface area contributed by atoms with Gasteiger partial charge in [-0.25, -0.2) is 0 Å². The van der Waals surface area contributed by atoms with Crippen LogP contribution < -0.4 is 0 Å². The molecular weight excluding hydrogens is 204 g/mol. The highest BCUT2D eigenvalue weighted by atomic mass is 16.4. The highest BCUT2D eigenvalue weighted by Gasteiger charge is 2.02. The quantitative estimate of drug-likeness (QED) is 0.492. The standard InChI is InChI=1S/C13H20O3/c1-2-3-4-5-6-7-8-9-12(14)10-11-13(15)16/h3-4,6-9,12,14H,2,5,10-11H2,1H3,(H,15,16). The van der Waals surface area contributed by atoms with Crippen molar-refractivity contribution in [3.05, 3.63) is 36.5 Å². The molecule has 0 aliphatic heterocycles. The van der Waals surface area contributed by atoms with E-state index in [1.165, 1.54) is 0 Å². The van der Waals surface area contributed by atoms with E-state index in [0.717, 1.165) is 12.8 Å². The maximum atomic E-state index is 10.2. The van der Waals surface area contributed by atoms with Crippen molar-refractivity contribution in [1.82, 2.24) is 0 Å². The lowest BCUT2D eigenvalue weighted by atomic mass is 10.2. The second kappa shape index (κ2) is 10.2. The maximum absolute atomic E-state index is 10.2. The Morgan fingerprint density at radius 2 is 2.00 bits per heavy atom. The van der Waals surface area contributed by atoms with Crippen LogP contribution in [0.4, 0.5) is 0 Å². The number of aliphatic hydroxyl groups excluding tert-OH is 1. The number of aliphatic carboxylic acids is 1. The molecule has 0 saturated carbocycles. The van der Waals surface area contributed by atoms with Gasteiger partial charge in [0.2, 0.25) is 0 Å². The molecule has 16 heavy (non-hydrogen) atoms. The fourth-order valence-electron chi connectivity index (χ4n) is 1.06. The summed E-state index contributed by atoms with van der Waals surface area (Å²) in [6.07, 6.45) is 12.8. The molecule has 0 amide bonds. The molecule has 90 valence electrons. The largest absolute Gasteiger partial charge is 0.481 e. The van der Waals surface area contributed by atoms with E-state index in [9.17, 15) is 9.90 Å². The first kappa shape index (κ1) is 14.6. The van der Waals surface area contributed by atoms with Crippen molar-refractivity contribution in [3.63, 3.8) is 0 Å². The van der Waals surface area contributed by atoms with E-state index in [2.05, 4.69) is 19.1 Å². The average Bonchev–Trinajstić information content (AvgIpc) is 2.25. The number of rotatable bonds is 8. The molecule has 1 atom stereocenters. The van der Waals surface area contributed by atoms with Crippen LogP contribution in [0.2, 0.25) is 0 Å². The van der Waals surface area contributed by atoms with Crippen molar-refractivity contribution in [2.75, 3.05) is 0 Å². The normalized spacial score (nSPS) is 14.1. The molecule has 0 spiro atoms. The molecule has 0 bridgehead atoms. The van der Waals surface area contributed by atoms with Crippen molar-refractivity contribution in [3.8, 4) is 0 Å². The highest BCUT2D eigenvalue weighted by Crippen LogP contribution is 1.99. The van der Waals surface area contributed by atoms with Crippen LogP contribution in [0.15, 0.2) is 36.5 Å². The van der Waals surface area contributed by atoms with Gasteiger partial charge in [0.1, 0.15) is 0 Å². The molecule has 0 aromatic carbocycles. The number of hydrogen-bond acceptors (Lipinski definition) is 2. The summed E-state index contributed by atoms with van der Waals surface area (Å²) in [5, 5.41) is 17.7. The van der Waals surface area contributed by atoms with Gasteiger partial charge in [-0.15, -0.1) is 0 Å². The van der Waals surface area contributed by atoms with Crippen molar-refractivity contribution in [1.29, 1.82) is 0 Å². The number of carboxylic acid groups (broad SMARTS) is 1. The molecule has 0 aliphatic carbocycles. The van der Waals surface area contributed by atoms with Crippen molar-refractivity contribution in [2.24, 2.45) is 0 Å². The summed E-state index contributed by atoms with van der Waals surface area (Å²) in [7, 11) is 0. The number of aliphatic hydroxyl groups is 1. The smallest absolute Gasteiger partial charge is 0.303 e. The lowest BCUT2D eigenvalue weighted by Gasteiger charge is -2.00. The van der Waals surface area contributed by atoms with E-state index in [4.69, 9.17) is 5.11 Å². The third-order valence-corrected chi connectivity index (χ3v) is 1.91. The molecule has 0 fully saturated rings. The van der Waals surface area contributed by atoms with Crippen LogP contribution in [-0.2, 0) is 4.79 Å². The topological polar surface area (TPSA) is 57.5 Å². The van der Waals surface area contributed by atoms with E-state index in [1.807, 2.05) is 12.2 Å². The van der Waals surface area contributed by atoms with Crippen LogP contribution in [0.25, 0.3) is 0 Å². The highest BCUT2D eigenvalue weighted by molar-refractivity contribution is 5.66. The monoisotopic (exact) mass is 224 g/mol. The summed E-state index contributed by atoms with van der Waals surface area (Å²) in [5.41, 5.74) is 0. The Balaban J connectivity index is 3.65. The molecule has 3 heteroatoms. The minimum absolute atomic E-state index is 0.00550. The minimum Gasteiger partial charge on any atom is -0.481 e. The van der Waals surface area contributed by atoms with E-state index in [1.54, 1.807) is 12.2 Å². The van der Waals surface area contributed by atoms with Gasteiger partial charge >= 0.3 is 5.97 Å². The Kier molecular flexibility index (Phi) is 9.32. The third-order valence-electron chi connectivity index (χ3n) is 1.91. The van der Waals surface area contributed by atoms with Gasteiger partial charge in [0.25, 0.3) is 0 Å². The molecule has 1 unspecified atom stereocenters. The number of allylic oxidation sites excluding steroid dienone is 5. The predicted molar refractivity (Wildman–Crippen MR) is 65.2 cm³/mol. The van der Waals surface area contributed by atoms with Gasteiger partial charge in [0.05, 0.1) is 6.10 Å². The molecule has 2 N–H and O–H groups in total. The second-order valence-corrected chi connectivity index (χ2v) is 3.43. The first-order valence-electron chi connectivity index (χ1n) is 5.55. The van der Waals surface area contributed by atoms with Gasteiger partial charge in [0, 0.05) is 6.42 Å². The summed E-state index contributed by atoms with van der Waals surface area (Å²) in [6.45, 7) is 2.08. The molecule has 0 aliphatic rings. The van der Waals surface area contributed by atoms with Crippen LogP contribution in [0.1, 0.15) is 32.6 Å². The van der Waals surface area contributed by atoms with Crippen LogP contribution in [-0.4, -0.2) is 22.3 Å². The van der Waals surface area contributed by atoms with E-state index in [-0.39, 0.29) is 12.8 Å². The molecule has 0 rings (SSSR count). The zero-order valence-corrected chi connectivity index (χ0v) is 9.67. The van der Waals surface area contributed by atoms with Crippen molar-refractivity contribution in [2.45, 2.75) is 38.7 Å². The zero-order valence-electron chi connectivity index (χ0n) is 9.67. The van der Waals surface area contributed by atoms with E-state index < -0.39 is 12.1 Å². The number of carboxylic acids is 1. The maximum Gasteiger partial charge on any atom is 0.303 e. The van der Waals surface area contributed by atoms with Crippen LogP contribution in [0.5, 0.6) is 0 Å². The summed E-state index contributed by atoms with van der Waals surface area (Å²) < 4.78 is 0. The van der Waals surface area contributed by atoms with Crippen LogP contribution >= 0.6 is 0 Å². The van der Waals surface area contributed by atoms with Gasteiger partial charge in [0.15, 0.2) is 0 Å². The first-order chi connectivity index (χ1) is 7.66. The molecule has 0 saturated heterocycles. The van der Waals surface area contributed by atoms with Gasteiger partial charge in [-0.1, -0.05) is 43.4 Å². The van der Waals surface area contributed by atoms with Crippen molar-refractivity contribution < 1.29 is 15.0 Å². The van der Waals surface area contributed by atoms with Gasteiger partial charge in [-0.05, 0) is 19.3 Å². The molecule has 0 aromatic heterocycles. The van der Waals surface area contributed by atoms with Crippen molar-refractivity contribution >= 4 is 5.97 Å². The van der Waals surface area contributed by atoms with Gasteiger partial charge in [-0.3, -0.25) is 4.79 Å². The lowest BCUT2D eigenvalue weighted by Crippen LogP contribution is -2.05. The number of carbonyl (C=O) groups is 1. The Bertz CT molecular complexity index is 264. The molecule has 3 nitrogen and oxygen atoms in total. The van der Waals surface area contributed by atoms with E-state index >= 15 is 0 Å². The molecular formula is C13H20O3. The van der Waals surface area contributed by atoms with Gasteiger partial charge < -0.3 is 10.2 Å².